The molecule has 0 spiro atoms. The fourth-order valence-electron chi connectivity index (χ4n) is 1.37. The third-order valence-electron chi connectivity index (χ3n) is 2.01. The second-order valence-corrected chi connectivity index (χ2v) is 3.35. The molecule has 1 aromatic rings. The summed E-state index contributed by atoms with van der Waals surface area (Å²) >= 11 is 0. The van der Waals surface area contributed by atoms with Gasteiger partial charge in [-0.3, -0.25) is 0 Å². The van der Waals surface area contributed by atoms with Crippen LogP contribution in [-0.4, -0.2) is 26.7 Å². The van der Waals surface area contributed by atoms with Crippen molar-refractivity contribution in [3.05, 3.63) is 5.82 Å². The predicted molar refractivity (Wildman–Crippen MR) is 50.1 cm³/mol. The molecule has 5 heteroatoms. The van der Waals surface area contributed by atoms with Gasteiger partial charge >= 0.3 is 0 Å². The van der Waals surface area contributed by atoms with E-state index in [0.717, 1.165) is 5.82 Å². The van der Waals surface area contributed by atoms with Crippen LogP contribution in [-0.2, 0) is 0 Å². The van der Waals surface area contributed by atoms with E-state index in [9.17, 15) is 0 Å². The molecule has 0 fully saturated rings. The summed E-state index contributed by atoms with van der Waals surface area (Å²) in [7, 11) is 0. The summed E-state index contributed by atoms with van der Waals surface area (Å²) in [5, 5.41) is 17.2. The lowest BCUT2D eigenvalue weighted by atomic mass is 10.1. The summed E-state index contributed by atoms with van der Waals surface area (Å²) < 4.78 is 0. The largest absolute Gasteiger partial charge is 0.305 e. The van der Waals surface area contributed by atoms with Gasteiger partial charge in [0, 0.05) is 6.04 Å². The highest BCUT2D eigenvalue weighted by Gasteiger charge is 2.11. The summed E-state index contributed by atoms with van der Waals surface area (Å²) in [5.74, 6) is 0.725. The summed E-state index contributed by atoms with van der Waals surface area (Å²) in [6.45, 7) is 6.38. The van der Waals surface area contributed by atoms with Crippen LogP contribution in [0.2, 0.25) is 0 Å². The average molecular weight is 183 g/mol. The van der Waals surface area contributed by atoms with Crippen LogP contribution >= 0.6 is 0 Å². The van der Waals surface area contributed by atoms with Gasteiger partial charge in [0.05, 0.1) is 6.04 Å². The first kappa shape index (κ1) is 10.1. The lowest BCUT2D eigenvalue weighted by Crippen LogP contribution is -2.29. The highest BCUT2D eigenvalue weighted by molar-refractivity contribution is 4.86. The monoisotopic (exact) mass is 183 g/mol. The van der Waals surface area contributed by atoms with E-state index in [0.29, 0.717) is 6.04 Å². The molecule has 0 aliphatic carbocycles. The first-order valence-corrected chi connectivity index (χ1v) is 4.73. The fraction of sp³-hybridized carbons (Fsp3) is 0.875. The van der Waals surface area contributed by atoms with Gasteiger partial charge in [-0.15, -0.1) is 10.2 Å². The second kappa shape index (κ2) is 4.91. The molecular formula is C8H17N5. The molecule has 0 aliphatic rings. The quantitative estimate of drug-likeness (QED) is 0.715. The van der Waals surface area contributed by atoms with Gasteiger partial charge in [0.15, 0.2) is 5.82 Å². The molecule has 2 atom stereocenters. The first-order valence-electron chi connectivity index (χ1n) is 4.73. The van der Waals surface area contributed by atoms with E-state index in [1.807, 2.05) is 6.92 Å². The zero-order valence-corrected chi connectivity index (χ0v) is 8.41. The van der Waals surface area contributed by atoms with E-state index < -0.39 is 0 Å². The lowest BCUT2D eigenvalue weighted by Gasteiger charge is -2.16. The number of tetrazole rings is 1. The molecule has 0 amide bonds. The van der Waals surface area contributed by atoms with Crippen molar-refractivity contribution in [2.45, 2.75) is 45.7 Å². The Morgan fingerprint density at radius 2 is 2.23 bits per heavy atom. The Balaban J connectivity index is 2.37. The third kappa shape index (κ3) is 3.10. The van der Waals surface area contributed by atoms with E-state index in [4.69, 9.17) is 0 Å². The van der Waals surface area contributed by atoms with Crippen LogP contribution < -0.4 is 5.32 Å². The van der Waals surface area contributed by atoms with Gasteiger partial charge in [-0.25, -0.2) is 0 Å². The standard InChI is InChI=1S/C8H17N5/c1-4-5-6(2)9-7(3)8-10-12-13-11-8/h6-7,9H,4-5H2,1-3H3,(H,10,11,12,13). The van der Waals surface area contributed by atoms with Crippen molar-refractivity contribution in [3.63, 3.8) is 0 Å². The highest BCUT2D eigenvalue weighted by atomic mass is 15.5. The number of nitrogens with zero attached hydrogens (tertiary/aromatic N) is 3. The summed E-state index contributed by atoms with van der Waals surface area (Å²) in [6, 6.07) is 0.666. The first-order chi connectivity index (χ1) is 6.24. The Kier molecular flexibility index (Phi) is 3.82. The Bertz CT molecular complexity index is 220. The zero-order valence-electron chi connectivity index (χ0n) is 8.41. The predicted octanol–water partition coefficient (Wildman–Crippen LogP) is 1.04. The molecule has 13 heavy (non-hydrogen) atoms. The lowest BCUT2D eigenvalue weighted by molar-refractivity contribution is 0.440. The van der Waals surface area contributed by atoms with Crippen LogP contribution in [0.25, 0.3) is 0 Å². The molecule has 0 saturated carbocycles. The zero-order chi connectivity index (χ0) is 9.68. The highest BCUT2D eigenvalue weighted by Crippen LogP contribution is 2.06. The van der Waals surface area contributed by atoms with Gasteiger partial charge in [-0.05, 0) is 20.3 Å². The summed E-state index contributed by atoms with van der Waals surface area (Å²) in [4.78, 5) is 0. The molecule has 2 N–H and O–H groups in total. The molecule has 74 valence electrons. The van der Waals surface area contributed by atoms with Crippen LogP contribution in [0, 0.1) is 0 Å². The van der Waals surface area contributed by atoms with Crippen molar-refractivity contribution < 1.29 is 0 Å². The van der Waals surface area contributed by atoms with Crippen molar-refractivity contribution in [1.82, 2.24) is 25.9 Å². The third-order valence-corrected chi connectivity index (χ3v) is 2.01. The minimum absolute atomic E-state index is 0.167. The van der Waals surface area contributed by atoms with Crippen LogP contribution in [0.15, 0.2) is 0 Å². The normalized spacial score (nSPS) is 15.6. The molecule has 2 unspecified atom stereocenters. The van der Waals surface area contributed by atoms with E-state index in [2.05, 4.69) is 39.8 Å². The number of hydrogen-bond donors (Lipinski definition) is 2. The number of aromatic nitrogens is 4. The number of nitrogens with one attached hydrogen (secondary N) is 2. The van der Waals surface area contributed by atoms with Crippen LogP contribution in [0.5, 0.6) is 0 Å². The molecule has 0 aromatic carbocycles. The Morgan fingerprint density at radius 3 is 2.77 bits per heavy atom. The second-order valence-electron chi connectivity index (χ2n) is 3.35. The fourth-order valence-corrected chi connectivity index (χ4v) is 1.37. The van der Waals surface area contributed by atoms with Crippen molar-refractivity contribution in [1.29, 1.82) is 0 Å². The molecule has 0 radical (unpaired) electrons. The molecule has 1 heterocycles. The van der Waals surface area contributed by atoms with E-state index >= 15 is 0 Å². The van der Waals surface area contributed by atoms with Crippen molar-refractivity contribution in [2.75, 3.05) is 0 Å². The molecule has 0 aliphatic heterocycles. The Hall–Kier alpha value is -0.970. The Morgan fingerprint density at radius 1 is 1.46 bits per heavy atom. The minimum atomic E-state index is 0.167. The number of aromatic amines is 1. The maximum absolute atomic E-state index is 3.92. The maximum Gasteiger partial charge on any atom is 0.191 e. The van der Waals surface area contributed by atoms with Gasteiger partial charge in [-0.1, -0.05) is 18.6 Å². The van der Waals surface area contributed by atoms with E-state index in [1.165, 1.54) is 12.8 Å². The molecule has 5 nitrogen and oxygen atoms in total. The molecule has 1 aromatic heterocycles. The summed E-state index contributed by atoms with van der Waals surface area (Å²) in [5.41, 5.74) is 0. The van der Waals surface area contributed by atoms with Crippen molar-refractivity contribution in [3.8, 4) is 0 Å². The van der Waals surface area contributed by atoms with Crippen LogP contribution in [0.4, 0.5) is 0 Å². The number of rotatable bonds is 5. The maximum atomic E-state index is 3.92. The summed E-state index contributed by atoms with van der Waals surface area (Å²) in [6.07, 6.45) is 2.36. The Labute approximate surface area is 78.3 Å². The smallest absolute Gasteiger partial charge is 0.191 e. The van der Waals surface area contributed by atoms with Gasteiger partial charge in [-0.2, -0.15) is 5.21 Å². The topological polar surface area (TPSA) is 66.5 Å². The minimum Gasteiger partial charge on any atom is -0.305 e. The number of hydrogen-bond acceptors (Lipinski definition) is 4. The van der Waals surface area contributed by atoms with Crippen molar-refractivity contribution >= 4 is 0 Å². The average Bonchev–Trinajstić information content (AvgIpc) is 2.55. The SMILES string of the molecule is CCCC(C)NC(C)c1nn[nH]n1. The van der Waals surface area contributed by atoms with Gasteiger partial charge in [0.25, 0.3) is 0 Å². The van der Waals surface area contributed by atoms with Gasteiger partial charge in [0.2, 0.25) is 0 Å². The van der Waals surface area contributed by atoms with Gasteiger partial charge in [0.1, 0.15) is 0 Å². The molecular weight excluding hydrogens is 166 g/mol. The molecule has 0 bridgehead atoms. The number of H-pyrrole nitrogens is 1. The van der Waals surface area contributed by atoms with Crippen molar-refractivity contribution in [2.24, 2.45) is 0 Å². The van der Waals surface area contributed by atoms with E-state index in [-0.39, 0.29) is 6.04 Å². The molecule has 1 rings (SSSR count). The van der Waals surface area contributed by atoms with Gasteiger partial charge < -0.3 is 5.32 Å². The molecule has 0 saturated heterocycles. The van der Waals surface area contributed by atoms with Crippen LogP contribution in [0.1, 0.15) is 45.5 Å². The van der Waals surface area contributed by atoms with E-state index in [1.54, 1.807) is 0 Å². The van der Waals surface area contributed by atoms with Crippen LogP contribution in [0.3, 0.4) is 0 Å².